The van der Waals surface area contributed by atoms with Crippen molar-refractivity contribution in [2.24, 2.45) is 5.92 Å². The highest BCUT2D eigenvalue weighted by Crippen LogP contribution is 2.20. The lowest BCUT2D eigenvalue weighted by molar-refractivity contribution is -0.124. The lowest BCUT2D eigenvalue weighted by Gasteiger charge is -2.21. The number of benzene rings is 1. The van der Waals surface area contributed by atoms with Gasteiger partial charge in [0, 0.05) is 36.8 Å². The number of nitrogens with zero attached hydrogens (tertiary/aromatic N) is 1. The number of amides is 1. The quantitative estimate of drug-likeness (QED) is 0.801. The summed E-state index contributed by atoms with van der Waals surface area (Å²) in [6, 6.07) is 5.49. The van der Waals surface area contributed by atoms with Crippen LogP contribution < -0.4 is 11.1 Å². The molecule has 0 aromatic heterocycles. The van der Waals surface area contributed by atoms with Crippen LogP contribution in [0.15, 0.2) is 18.2 Å². The summed E-state index contributed by atoms with van der Waals surface area (Å²) < 4.78 is 0. The van der Waals surface area contributed by atoms with Gasteiger partial charge in [-0.05, 0) is 24.7 Å². The minimum absolute atomic E-state index is 0.0465. The predicted octanol–water partition coefficient (Wildman–Crippen LogP) is 1.74. The van der Waals surface area contributed by atoms with Crippen LogP contribution in [-0.2, 0) is 11.3 Å². The van der Waals surface area contributed by atoms with Crippen LogP contribution in [0.5, 0.6) is 0 Å². The molecule has 0 heterocycles. The van der Waals surface area contributed by atoms with Crippen molar-refractivity contribution in [3.8, 4) is 0 Å². The largest absolute Gasteiger partial charge is 0.399 e. The normalized spacial score (nSPS) is 12.5. The van der Waals surface area contributed by atoms with Gasteiger partial charge in [0.25, 0.3) is 0 Å². The Morgan fingerprint density at radius 3 is 2.78 bits per heavy atom. The van der Waals surface area contributed by atoms with Crippen molar-refractivity contribution in [2.45, 2.75) is 13.5 Å². The third-order valence-corrected chi connectivity index (χ3v) is 3.15. The zero-order valence-electron chi connectivity index (χ0n) is 11.0. The summed E-state index contributed by atoms with van der Waals surface area (Å²) in [5.41, 5.74) is 7.31. The highest BCUT2D eigenvalue weighted by atomic mass is 35.5. The van der Waals surface area contributed by atoms with E-state index in [1.165, 1.54) is 0 Å². The molecular formula is C13H20ClN3O. The summed E-state index contributed by atoms with van der Waals surface area (Å²) >= 11 is 6.11. The molecule has 0 aliphatic heterocycles. The summed E-state index contributed by atoms with van der Waals surface area (Å²) in [5.74, 6) is -0.00203. The number of nitrogens with one attached hydrogen (secondary N) is 1. The highest BCUT2D eigenvalue weighted by molar-refractivity contribution is 6.31. The Morgan fingerprint density at radius 2 is 2.22 bits per heavy atom. The molecule has 4 nitrogen and oxygen atoms in total. The van der Waals surface area contributed by atoms with Crippen molar-refractivity contribution >= 4 is 23.2 Å². The van der Waals surface area contributed by atoms with Crippen molar-refractivity contribution in [3.05, 3.63) is 28.8 Å². The maximum absolute atomic E-state index is 11.4. The Kier molecular flexibility index (Phi) is 5.44. The standard InChI is InChI=1S/C13H20ClN3O/c1-9(13(18)16-2)7-17(3)8-10-4-5-11(15)6-12(10)14/h4-6,9H,7-8,15H2,1-3H3,(H,16,18). The second-order valence-corrected chi connectivity index (χ2v) is 4.97. The Bertz CT molecular complexity index is 423. The van der Waals surface area contributed by atoms with Gasteiger partial charge in [0.15, 0.2) is 0 Å². The van der Waals surface area contributed by atoms with Crippen molar-refractivity contribution < 1.29 is 4.79 Å². The average molecular weight is 270 g/mol. The number of hydrogen-bond acceptors (Lipinski definition) is 3. The molecule has 0 saturated carbocycles. The van der Waals surface area contributed by atoms with Crippen molar-refractivity contribution in [1.82, 2.24) is 10.2 Å². The van der Waals surface area contributed by atoms with Crippen LogP contribution in [0.3, 0.4) is 0 Å². The number of nitrogens with two attached hydrogens (primary N) is 1. The van der Waals surface area contributed by atoms with E-state index in [1.807, 2.05) is 26.1 Å². The van der Waals surface area contributed by atoms with E-state index in [2.05, 4.69) is 10.2 Å². The van der Waals surface area contributed by atoms with E-state index >= 15 is 0 Å². The first-order valence-corrected chi connectivity index (χ1v) is 6.26. The van der Waals surface area contributed by atoms with Gasteiger partial charge in [-0.1, -0.05) is 24.6 Å². The summed E-state index contributed by atoms with van der Waals surface area (Å²) in [4.78, 5) is 13.5. The second kappa shape index (κ2) is 6.61. The molecule has 0 radical (unpaired) electrons. The lowest BCUT2D eigenvalue weighted by Crippen LogP contribution is -2.34. The zero-order chi connectivity index (χ0) is 13.7. The summed E-state index contributed by atoms with van der Waals surface area (Å²) in [7, 11) is 3.61. The number of nitrogen functional groups attached to an aromatic ring is 1. The highest BCUT2D eigenvalue weighted by Gasteiger charge is 2.14. The van der Waals surface area contributed by atoms with Crippen LogP contribution in [0, 0.1) is 5.92 Å². The SMILES string of the molecule is CNC(=O)C(C)CN(C)Cc1ccc(N)cc1Cl. The monoisotopic (exact) mass is 269 g/mol. The molecule has 1 aromatic rings. The number of anilines is 1. The van der Waals surface area contributed by atoms with Gasteiger partial charge in [-0.2, -0.15) is 0 Å². The average Bonchev–Trinajstić information content (AvgIpc) is 2.31. The van der Waals surface area contributed by atoms with E-state index in [0.29, 0.717) is 23.8 Å². The Labute approximate surface area is 113 Å². The van der Waals surface area contributed by atoms with Gasteiger partial charge in [-0.25, -0.2) is 0 Å². The molecule has 5 heteroatoms. The number of hydrogen-bond donors (Lipinski definition) is 2. The molecule has 0 aliphatic rings. The van der Waals surface area contributed by atoms with E-state index in [9.17, 15) is 4.79 Å². The van der Waals surface area contributed by atoms with Crippen LogP contribution in [0.25, 0.3) is 0 Å². The van der Waals surface area contributed by atoms with E-state index in [4.69, 9.17) is 17.3 Å². The lowest BCUT2D eigenvalue weighted by atomic mass is 10.1. The minimum atomic E-state index is -0.0486. The summed E-state index contributed by atoms with van der Waals surface area (Å²) in [6.45, 7) is 3.28. The third-order valence-electron chi connectivity index (χ3n) is 2.80. The molecule has 18 heavy (non-hydrogen) atoms. The Morgan fingerprint density at radius 1 is 1.56 bits per heavy atom. The van der Waals surface area contributed by atoms with Crippen LogP contribution >= 0.6 is 11.6 Å². The van der Waals surface area contributed by atoms with Crippen LogP contribution in [0.1, 0.15) is 12.5 Å². The van der Waals surface area contributed by atoms with Crippen LogP contribution in [0.2, 0.25) is 5.02 Å². The maximum atomic E-state index is 11.4. The first kappa shape index (κ1) is 14.8. The topological polar surface area (TPSA) is 58.4 Å². The van der Waals surface area contributed by atoms with Gasteiger partial charge in [0.2, 0.25) is 5.91 Å². The van der Waals surface area contributed by atoms with Gasteiger partial charge in [-0.3, -0.25) is 4.79 Å². The predicted molar refractivity (Wildman–Crippen MR) is 75.4 cm³/mol. The molecule has 1 aromatic carbocycles. The molecule has 0 aliphatic carbocycles. The number of halogens is 1. The van der Waals surface area contributed by atoms with Crippen molar-refractivity contribution in [2.75, 3.05) is 26.4 Å². The Hall–Kier alpha value is -1.26. The second-order valence-electron chi connectivity index (χ2n) is 4.56. The fraction of sp³-hybridized carbons (Fsp3) is 0.462. The minimum Gasteiger partial charge on any atom is -0.399 e. The van der Waals surface area contributed by atoms with Gasteiger partial charge in [-0.15, -0.1) is 0 Å². The Balaban J connectivity index is 2.59. The van der Waals surface area contributed by atoms with Gasteiger partial charge in [0.1, 0.15) is 0 Å². The van der Waals surface area contributed by atoms with E-state index in [0.717, 1.165) is 5.56 Å². The molecule has 100 valence electrons. The molecular weight excluding hydrogens is 250 g/mol. The first-order chi connectivity index (χ1) is 8.43. The number of carbonyl (C=O) groups excluding carboxylic acids is 1. The van der Waals surface area contributed by atoms with Gasteiger partial charge in [0.05, 0.1) is 0 Å². The molecule has 0 fully saturated rings. The van der Waals surface area contributed by atoms with Crippen LogP contribution in [-0.4, -0.2) is 31.4 Å². The number of carbonyl (C=O) groups is 1. The molecule has 0 bridgehead atoms. The van der Waals surface area contributed by atoms with Crippen molar-refractivity contribution in [3.63, 3.8) is 0 Å². The molecule has 1 unspecified atom stereocenters. The van der Waals surface area contributed by atoms with Crippen molar-refractivity contribution in [1.29, 1.82) is 0 Å². The maximum Gasteiger partial charge on any atom is 0.223 e. The van der Waals surface area contributed by atoms with Gasteiger partial charge < -0.3 is 16.0 Å². The molecule has 0 spiro atoms. The van der Waals surface area contributed by atoms with E-state index in [-0.39, 0.29) is 11.8 Å². The zero-order valence-corrected chi connectivity index (χ0v) is 11.8. The van der Waals surface area contributed by atoms with Crippen LogP contribution in [0.4, 0.5) is 5.69 Å². The molecule has 3 N–H and O–H groups in total. The smallest absolute Gasteiger partial charge is 0.223 e. The molecule has 1 rings (SSSR count). The fourth-order valence-electron chi connectivity index (χ4n) is 1.84. The van der Waals surface area contributed by atoms with E-state index < -0.39 is 0 Å². The first-order valence-electron chi connectivity index (χ1n) is 5.88. The molecule has 1 amide bonds. The summed E-state index contributed by atoms with van der Waals surface area (Å²) in [6.07, 6.45) is 0. The fourth-order valence-corrected chi connectivity index (χ4v) is 2.09. The molecule has 1 atom stereocenters. The number of rotatable bonds is 5. The molecule has 0 saturated heterocycles. The summed E-state index contributed by atoms with van der Waals surface area (Å²) in [5, 5.41) is 3.31. The van der Waals surface area contributed by atoms with E-state index in [1.54, 1.807) is 13.1 Å². The third kappa shape index (κ3) is 4.20. The van der Waals surface area contributed by atoms with Gasteiger partial charge >= 0.3 is 0 Å².